The van der Waals surface area contributed by atoms with Crippen molar-refractivity contribution < 1.29 is 4.79 Å². The average molecular weight is 317 g/mol. The van der Waals surface area contributed by atoms with E-state index >= 15 is 0 Å². The topological polar surface area (TPSA) is 46.4 Å². The van der Waals surface area contributed by atoms with E-state index in [9.17, 15) is 4.79 Å². The van der Waals surface area contributed by atoms with Crippen LogP contribution in [0.25, 0.3) is 11.7 Å². The molecular weight excluding hydrogens is 298 g/mol. The molecule has 1 aliphatic heterocycles. The fraction of sp³-hybridized carbons (Fsp3) is 0.200. The van der Waals surface area contributed by atoms with Gasteiger partial charge in [-0.3, -0.25) is 4.79 Å². The Labute approximate surface area is 140 Å². The van der Waals surface area contributed by atoms with Crippen LogP contribution >= 0.6 is 0 Å². The molecule has 24 heavy (non-hydrogen) atoms. The molecule has 1 N–H and O–H groups in total. The van der Waals surface area contributed by atoms with Gasteiger partial charge in [-0.25, -0.2) is 4.98 Å². The molecule has 1 atom stereocenters. The Kier molecular flexibility index (Phi) is 3.45. The van der Waals surface area contributed by atoms with Crippen LogP contribution in [0.3, 0.4) is 0 Å². The molecule has 3 aromatic rings. The number of imidazole rings is 1. The minimum Gasteiger partial charge on any atom is -0.350 e. The molecule has 3 heterocycles. The van der Waals surface area contributed by atoms with Crippen molar-refractivity contribution in [3.8, 4) is 0 Å². The van der Waals surface area contributed by atoms with Gasteiger partial charge in [0.2, 0.25) is 5.91 Å². The van der Waals surface area contributed by atoms with Gasteiger partial charge in [-0.15, -0.1) is 0 Å². The molecule has 4 heteroatoms. The van der Waals surface area contributed by atoms with Crippen LogP contribution in [0, 0.1) is 6.92 Å². The van der Waals surface area contributed by atoms with Crippen molar-refractivity contribution in [1.29, 1.82) is 0 Å². The molecule has 2 aromatic heterocycles. The van der Waals surface area contributed by atoms with E-state index in [1.54, 1.807) is 0 Å². The number of carbonyl (C=O) groups is 1. The SMILES string of the molecule is C=Cc1cccc(C2CC(=O)NCc3nc4ccc(C)cn4c32)c1. The predicted molar refractivity (Wildman–Crippen MR) is 94.8 cm³/mol. The Hall–Kier alpha value is -2.88. The highest BCUT2D eigenvalue weighted by Crippen LogP contribution is 2.33. The first kappa shape index (κ1) is 14.7. The van der Waals surface area contributed by atoms with Crippen LogP contribution in [0.2, 0.25) is 0 Å². The lowest BCUT2D eigenvalue weighted by atomic mass is 9.90. The summed E-state index contributed by atoms with van der Waals surface area (Å²) < 4.78 is 2.14. The maximum absolute atomic E-state index is 12.2. The minimum absolute atomic E-state index is 0.0146. The van der Waals surface area contributed by atoms with Gasteiger partial charge in [0.25, 0.3) is 0 Å². The summed E-state index contributed by atoms with van der Waals surface area (Å²) in [6, 6.07) is 12.3. The zero-order valence-corrected chi connectivity index (χ0v) is 13.6. The predicted octanol–water partition coefficient (Wildman–Crippen LogP) is 3.44. The van der Waals surface area contributed by atoms with Gasteiger partial charge in [0.1, 0.15) is 5.65 Å². The zero-order valence-electron chi connectivity index (χ0n) is 13.6. The number of aromatic nitrogens is 2. The Morgan fingerprint density at radius 1 is 1.33 bits per heavy atom. The summed E-state index contributed by atoms with van der Waals surface area (Å²) in [5, 5.41) is 2.97. The maximum atomic E-state index is 12.2. The van der Waals surface area contributed by atoms with E-state index in [1.807, 2.05) is 24.3 Å². The number of nitrogens with zero attached hydrogens (tertiary/aromatic N) is 2. The number of benzene rings is 1. The number of hydrogen-bond acceptors (Lipinski definition) is 2. The van der Waals surface area contributed by atoms with Crippen molar-refractivity contribution in [1.82, 2.24) is 14.7 Å². The summed E-state index contributed by atoms with van der Waals surface area (Å²) in [6.07, 6.45) is 4.36. The lowest BCUT2D eigenvalue weighted by Gasteiger charge is -2.16. The summed E-state index contributed by atoms with van der Waals surface area (Å²) in [5.74, 6) is 0.0441. The van der Waals surface area contributed by atoms with E-state index < -0.39 is 0 Å². The molecule has 0 saturated carbocycles. The molecule has 0 fully saturated rings. The molecule has 1 aliphatic rings. The van der Waals surface area contributed by atoms with Crippen LogP contribution in [-0.4, -0.2) is 15.3 Å². The van der Waals surface area contributed by atoms with Gasteiger partial charge in [-0.2, -0.15) is 0 Å². The third-order valence-corrected chi connectivity index (χ3v) is 4.60. The first-order valence-corrected chi connectivity index (χ1v) is 8.12. The second kappa shape index (κ2) is 5.64. The van der Waals surface area contributed by atoms with Crippen LogP contribution in [0.1, 0.15) is 40.4 Å². The zero-order chi connectivity index (χ0) is 16.7. The normalized spacial score (nSPS) is 17.2. The van der Waals surface area contributed by atoms with Crippen molar-refractivity contribution in [2.75, 3.05) is 0 Å². The Morgan fingerprint density at radius 3 is 3.04 bits per heavy atom. The molecule has 1 unspecified atom stereocenters. The van der Waals surface area contributed by atoms with E-state index in [0.717, 1.165) is 28.2 Å². The van der Waals surface area contributed by atoms with Gasteiger partial charge in [0.15, 0.2) is 0 Å². The smallest absolute Gasteiger partial charge is 0.221 e. The van der Waals surface area contributed by atoms with Gasteiger partial charge in [0, 0.05) is 18.5 Å². The van der Waals surface area contributed by atoms with Crippen molar-refractivity contribution in [3.63, 3.8) is 0 Å². The number of hydrogen-bond donors (Lipinski definition) is 1. The van der Waals surface area contributed by atoms with Crippen molar-refractivity contribution >= 4 is 17.6 Å². The van der Waals surface area contributed by atoms with Gasteiger partial charge in [-0.1, -0.05) is 43.0 Å². The molecular formula is C20H19N3O. The van der Waals surface area contributed by atoms with E-state index in [2.05, 4.69) is 47.6 Å². The van der Waals surface area contributed by atoms with Crippen LogP contribution in [0.5, 0.6) is 0 Å². The highest BCUT2D eigenvalue weighted by Gasteiger charge is 2.28. The lowest BCUT2D eigenvalue weighted by molar-refractivity contribution is -0.121. The lowest BCUT2D eigenvalue weighted by Crippen LogP contribution is -2.21. The monoisotopic (exact) mass is 317 g/mol. The molecule has 0 saturated heterocycles. The van der Waals surface area contributed by atoms with Gasteiger partial charge in [-0.05, 0) is 29.7 Å². The third kappa shape index (κ3) is 2.40. The van der Waals surface area contributed by atoms with E-state index in [4.69, 9.17) is 4.98 Å². The standard InChI is InChI=1S/C20H19N3O/c1-3-14-5-4-6-15(9-14)16-10-19(24)21-11-17-20(16)23-12-13(2)7-8-18(23)22-17/h3-9,12,16H,1,10-11H2,2H3,(H,21,24). The minimum atomic E-state index is -0.0146. The molecule has 0 radical (unpaired) electrons. The second-order valence-corrected chi connectivity index (χ2v) is 6.29. The van der Waals surface area contributed by atoms with E-state index in [1.165, 1.54) is 5.56 Å². The number of nitrogens with one attached hydrogen (secondary N) is 1. The highest BCUT2D eigenvalue weighted by atomic mass is 16.1. The first-order chi connectivity index (χ1) is 11.7. The summed E-state index contributed by atoms with van der Waals surface area (Å²) in [6.45, 7) is 6.40. The Bertz CT molecular complexity index is 955. The Balaban J connectivity index is 1.96. The largest absolute Gasteiger partial charge is 0.350 e. The van der Waals surface area contributed by atoms with Crippen molar-refractivity contribution in [2.45, 2.75) is 25.8 Å². The number of fused-ring (bicyclic) bond motifs is 3. The van der Waals surface area contributed by atoms with Gasteiger partial charge < -0.3 is 9.72 Å². The number of amides is 1. The van der Waals surface area contributed by atoms with Crippen LogP contribution in [0.4, 0.5) is 0 Å². The molecule has 0 aliphatic carbocycles. The molecule has 1 aromatic carbocycles. The number of carbonyl (C=O) groups excluding carboxylic acids is 1. The van der Waals surface area contributed by atoms with Crippen molar-refractivity contribution in [3.05, 3.63) is 77.3 Å². The quantitative estimate of drug-likeness (QED) is 0.787. The second-order valence-electron chi connectivity index (χ2n) is 6.29. The molecule has 120 valence electrons. The molecule has 4 rings (SSSR count). The summed E-state index contributed by atoms with van der Waals surface area (Å²) in [5.41, 5.74) is 6.32. The average Bonchev–Trinajstić information content (AvgIpc) is 2.86. The number of pyridine rings is 1. The van der Waals surface area contributed by atoms with E-state index in [-0.39, 0.29) is 11.8 Å². The number of aryl methyl sites for hydroxylation is 1. The molecule has 0 spiro atoms. The molecule has 0 bridgehead atoms. The number of rotatable bonds is 2. The fourth-order valence-corrected chi connectivity index (χ4v) is 3.43. The highest BCUT2D eigenvalue weighted by molar-refractivity contribution is 5.78. The third-order valence-electron chi connectivity index (χ3n) is 4.60. The maximum Gasteiger partial charge on any atom is 0.221 e. The Morgan fingerprint density at radius 2 is 2.21 bits per heavy atom. The van der Waals surface area contributed by atoms with E-state index in [0.29, 0.717) is 13.0 Å². The molecule has 1 amide bonds. The van der Waals surface area contributed by atoms with Crippen LogP contribution in [-0.2, 0) is 11.3 Å². The summed E-state index contributed by atoms with van der Waals surface area (Å²) in [7, 11) is 0. The van der Waals surface area contributed by atoms with Crippen LogP contribution < -0.4 is 5.32 Å². The van der Waals surface area contributed by atoms with Crippen LogP contribution in [0.15, 0.2) is 49.2 Å². The summed E-state index contributed by atoms with van der Waals surface area (Å²) in [4.78, 5) is 17.0. The fourth-order valence-electron chi connectivity index (χ4n) is 3.43. The van der Waals surface area contributed by atoms with Gasteiger partial charge in [0.05, 0.1) is 17.9 Å². The summed E-state index contributed by atoms with van der Waals surface area (Å²) >= 11 is 0. The van der Waals surface area contributed by atoms with Gasteiger partial charge >= 0.3 is 0 Å². The first-order valence-electron chi connectivity index (χ1n) is 8.12. The molecule has 4 nitrogen and oxygen atoms in total. The van der Waals surface area contributed by atoms with Crippen molar-refractivity contribution in [2.24, 2.45) is 0 Å².